The molecule has 2 aromatic carbocycles. The number of benzene rings is 2. The molecule has 0 bridgehead atoms. The lowest BCUT2D eigenvalue weighted by Crippen LogP contribution is -2.29. The number of aromatic nitrogens is 2. The number of rotatable bonds is 7. The molecule has 5 rings (SSSR count). The van der Waals surface area contributed by atoms with Gasteiger partial charge in [-0.1, -0.05) is 18.2 Å². The van der Waals surface area contributed by atoms with E-state index in [2.05, 4.69) is 10.3 Å². The zero-order valence-corrected chi connectivity index (χ0v) is 18.3. The molecule has 166 valence electrons. The molecule has 2 heterocycles. The van der Waals surface area contributed by atoms with Gasteiger partial charge in [0, 0.05) is 31.0 Å². The maximum atomic E-state index is 12.9. The van der Waals surface area contributed by atoms with Crippen LogP contribution in [0, 0.1) is 5.92 Å². The Morgan fingerprint density at radius 3 is 2.58 bits per heavy atom. The van der Waals surface area contributed by atoms with Gasteiger partial charge in [0.25, 0.3) is 5.91 Å². The van der Waals surface area contributed by atoms with Crippen molar-refractivity contribution in [3.63, 3.8) is 0 Å². The normalized spacial score (nSPS) is 13.0. The number of carbonyl (C=O) groups is 2. The highest BCUT2D eigenvalue weighted by Gasteiger charge is 2.33. The number of ether oxygens (including phenoxy) is 1. The minimum Gasteiger partial charge on any atom is -0.487 e. The molecule has 0 saturated heterocycles. The van der Waals surface area contributed by atoms with Crippen molar-refractivity contribution in [2.45, 2.75) is 19.4 Å². The summed E-state index contributed by atoms with van der Waals surface area (Å²) >= 11 is 0. The number of carbonyl (C=O) groups excluding carboxylic acids is 2. The third kappa shape index (κ3) is 4.57. The van der Waals surface area contributed by atoms with E-state index < -0.39 is 0 Å². The summed E-state index contributed by atoms with van der Waals surface area (Å²) in [5.41, 5.74) is 3.42. The van der Waals surface area contributed by atoms with Crippen molar-refractivity contribution in [1.29, 1.82) is 0 Å². The van der Waals surface area contributed by atoms with Crippen molar-refractivity contribution in [1.82, 2.24) is 9.38 Å². The molecule has 0 aliphatic heterocycles. The SMILES string of the molecule is CN(C(=O)C1CC1)c1ccccc1C(=O)Nc1ccc(OCc2cn3ccccc3n2)cc1. The first-order chi connectivity index (χ1) is 16.1. The van der Waals surface area contributed by atoms with Crippen molar-refractivity contribution in [2.75, 3.05) is 17.3 Å². The monoisotopic (exact) mass is 440 g/mol. The van der Waals surface area contributed by atoms with Crippen LogP contribution < -0.4 is 15.0 Å². The molecule has 0 spiro atoms. The molecule has 2 amide bonds. The van der Waals surface area contributed by atoms with Crippen LogP contribution in [0.5, 0.6) is 5.75 Å². The van der Waals surface area contributed by atoms with Crippen LogP contribution in [0.2, 0.25) is 0 Å². The number of hydrogen-bond donors (Lipinski definition) is 1. The van der Waals surface area contributed by atoms with E-state index in [1.165, 1.54) is 0 Å². The van der Waals surface area contributed by atoms with Gasteiger partial charge in [-0.2, -0.15) is 0 Å². The molecule has 0 radical (unpaired) electrons. The van der Waals surface area contributed by atoms with E-state index in [4.69, 9.17) is 4.74 Å². The molecular weight excluding hydrogens is 416 g/mol. The lowest BCUT2D eigenvalue weighted by molar-refractivity contribution is -0.119. The maximum absolute atomic E-state index is 12.9. The van der Waals surface area contributed by atoms with Gasteiger partial charge < -0.3 is 19.4 Å². The van der Waals surface area contributed by atoms with Crippen molar-refractivity contribution in [3.8, 4) is 5.75 Å². The quantitative estimate of drug-likeness (QED) is 0.458. The second-order valence-electron chi connectivity index (χ2n) is 8.15. The van der Waals surface area contributed by atoms with Crippen molar-refractivity contribution >= 4 is 28.8 Å². The minimum atomic E-state index is -0.264. The van der Waals surface area contributed by atoms with E-state index in [1.807, 2.05) is 41.1 Å². The summed E-state index contributed by atoms with van der Waals surface area (Å²) in [5.74, 6) is 0.557. The number of anilines is 2. The standard InChI is InChI=1S/C26H24N4O3/c1-29(26(32)18-9-10-18)23-7-3-2-6-22(23)25(31)28-19-11-13-21(14-12-19)33-17-20-16-30-15-5-4-8-24(30)27-20/h2-8,11-16,18H,9-10,17H2,1H3,(H,28,31). The average Bonchev–Trinajstić information content (AvgIpc) is 3.61. The molecule has 1 aliphatic carbocycles. The zero-order chi connectivity index (χ0) is 22.8. The number of fused-ring (bicyclic) bond motifs is 1. The Kier molecular flexibility index (Phi) is 5.52. The molecular formula is C26H24N4O3. The number of imidazole rings is 1. The Bertz CT molecular complexity index is 1280. The predicted octanol–water partition coefficient (Wildman–Crippen LogP) is 4.54. The highest BCUT2D eigenvalue weighted by atomic mass is 16.5. The van der Waals surface area contributed by atoms with E-state index in [0.717, 1.165) is 24.2 Å². The van der Waals surface area contributed by atoms with Gasteiger partial charge in [-0.3, -0.25) is 9.59 Å². The van der Waals surface area contributed by atoms with Crippen LogP contribution in [0.4, 0.5) is 11.4 Å². The summed E-state index contributed by atoms with van der Waals surface area (Å²) < 4.78 is 7.79. The van der Waals surface area contributed by atoms with E-state index >= 15 is 0 Å². The van der Waals surface area contributed by atoms with Crippen LogP contribution >= 0.6 is 0 Å². The van der Waals surface area contributed by atoms with Crippen LogP contribution in [0.3, 0.4) is 0 Å². The topological polar surface area (TPSA) is 75.9 Å². The highest BCUT2D eigenvalue weighted by Crippen LogP contribution is 2.33. The van der Waals surface area contributed by atoms with Gasteiger partial charge in [0.2, 0.25) is 5.91 Å². The molecule has 1 fully saturated rings. The molecule has 1 saturated carbocycles. The fourth-order valence-electron chi connectivity index (χ4n) is 3.73. The number of pyridine rings is 1. The first-order valence-corrected chi connectivity index (χ1v) is 10.9. The van der Waals surface area contributed by atoms with Gasteiger partial charge in [0.1, 0.15) is 18.0 Å². The molecule has 0 atom stereocenters. The third-order valence-corrected chi connectivity index (χ3v) is 5.68. The molecule has 4 aromatic rings. The van der Waals surface area contributed by atoms with Gasteiger partial charge in [-0.25, -0.2) is 4.98 Å². The second-order valence-corrected chi connectivity index (χ2v) is 8.15. The molecule has 7 nitrogen and oxygen atoms in total. The van der Waals surface area contributed by atoms with Crippen LogP contribution in [0.25, 0.3) is 5.65 Å². The Hall–Kier alpha value is -4.13. The summed E-state index contributed by atoms with van der Waals surface area (Å²) in [6.07, 6.45) is 5.72. The Labute approximate surface area is 191 Å². The fourth-order valence-corrected chi connectivity index (χ4v) is 3.73. The predicted molar refractivity (Wildman–Crippen MR) is 126 cm³/mol. The fraction of sp³-hybridized carbons (Fsp3) is 0.192. The number of nitrogens with one attached hydrogen (secondary N) is 1. The number of hydrogen-bond acceptors (Lipinski definition) is 4. The van der Waals surface area contributed by atoms with Crippen LogP contribution in [-0.2, 0) is 11.4 Å². The smallest absolute Gasteiger partial charge is 0.257 e. The van der Waals surface area contributed by atoms with E-state index in [9.17, 15) is 9.59 Å². The van der Waals surface area contributed by atoms with E-state index in [1.54, 1.807) is 54.4 Å². The zero-order valence-electron chi connectivity index (χ0n) is 18.3. The van der Waals surface area contributed by atoms with Crippen molar-refractivity contribution < 1.29 is 14.3 Å². The third-order valence-electron chi connectivity index (χ3n) is 5.68. The molecule has 1 aliphatic rings. The molecule has 0 unspecified atom stereocenters. The van der Waals surface area contributed by atoms with Gasteiger partial charge in [0.15, 0.2) is 0 Å². The lowest BCUT2D eigenvalue weighted by atomic mass is 10.1. The number of nitrogens with zero attached hydrogens (tertiary/aromatic N) is 3. The van der Waals surface area contributed by atoms with Gasteiger partial charge in [-0.15, -0.1) is 0 Å². The first kappa shape index (κ1) is 20.8. The summed E-state index contributed by atoms with van der Waals surface area (Å²) in [6, 6.07) is 20.2. The molecule has 1 N–H and O–H groups in total. The van der Waals surface area contributed by atoms with E-state index in [-0.39, 0.29) is 17.7 Å². The average molecular weight is 441 g/mol. The Morgan fingerprint density at radius 1 is 1.06 bits per heavy atom. The number of amides is 2. The first-order valence-electron chi connectivity index (χ1n) is 10.9. The van der Waals surface area contributed by atoms with Gasteiger partial charge in [-0.05, 0) is 61.4 Å². The molecule has 33 heavy (non-hydrogen) atoms. The Morgan fingerprint density at radius 2 is 1.82 bits per heavy atom. The van der Waals surface area contributed by atoms with Gasteiger partial charge >= 0.3 is 0 Å². The summed E-state index contributed by atoms with van der Waals surface area (Å²) in [5, 5.41) is 2.91. The van der Waals surface area contributed by atoms with E-state index in [0.29, 0.717) is 29.3 Å². The van der Waals surface area contributed by atoms with Gasteiger partial charge in [0.05, 0.1) is 16.9 Å². The van der Waals surface area contributed by atoms with Crippen LogP contribution in [0.15, 0.2) is 79.1 Å². The molecule has 7 heteroatoms. The second kappa shape index (κ2) is 8.78. The summed E-state index contributed by atoms with van der Waals surface area (Å²) in [4.78, 5) is 31.5. The summed E-state index contributed by atoms with van der Waals surface area (Å²) in [7, 11) is 1.72. The minimum absolute atomic E-state index is 0.0577. The largest absolute Gasteiger partial charge is 0.487 e. The summed E-state index contributed by atoms with van der Waals surface area (Å²) in [6.45, 7) is 0.349. The molecule has 2 aromatic heterocycles. The Balaban J connectivity index is 1.23. The maximum Gasteiger partial charge on any atom is 0.257 e. The lowest BCUT2D eigenvalue weighted by Gasteiger charge is -2.20. The number of para-hydroxylation sites is 1. The van der Waals surface area contributed by atoms with Crippen molar-refractivity contribution in [3.05, 3.63) is 90.4 Å². The highest BCUT2D eigenvalue weighted by molar-refractivity contribution is 6.10. The van der Waals surface area contributed by atoms with Crippen molar-refractivity contribution in [2.24, 2.45) is 5.92 Å². The van der Waals surface area contributed by atoms with Crippen LogP contribution in [-0.4, -0.2) is 28.2 Å². The van der Waals surface area contributed by atoms with Crippen LogP contribution in [0.1, 0.15) is 28.9 Å².